The summed E-state index contributed by atoms with van der Waals surface area (Å²) in [6.07, 6.45) is 0.542. The third-order valence-corrected chi connectivity index (χ3v) is 2.94. The lowest BCUT2D eigenvalue weighted by molar-refractivity contribution is 0.469. The number of rotatable bonds is 2. The summed E-state index contributed by atoms with van der Waals surface area (Å²) in [5.41, 5.74) is 7.12. The highest BCUT2D eigenvalue weighted by Crippen LogP contribution is 2.24. The molecule has 0 radical (unpaired) electrons. The standard InChI is InChI=1S/C10H9ClN2OS/c11-7-1-2-9(14)6(3-7)4-8-5-15-10(12)13-8/h1-3,5,14H,4H2,(H2,12,13). The quantitative estimate of drug-likeness (QED) is 0.849. The number of hydrogen-bond acceptors (Lipinski definition) is 4. The zero-order valence-electron chi connectivity index (χ0n) is 7.77. The van der Waals surface area contributed by atoms with Gasteiger partial charge in [-0.25, -0.2) is 4.98 Å². The number of nitrogens with two attached hydrogens (primary N) is 1. The molecule has 1 aromatic heterocycles. The van der Waals surface area contributed by atoms with Crippen LogP contribution in [0.4, 0.5) is 5.13 Å². The number of phenolic OH excluding ortho intramolecular Hbond substituents is 1. The van der Waals surface area contributed by atoms with Gasteiger partial charge in [0.15, 0.2) is 5.13 Å². The molecule has 0 amide bonds. The van der Waals surface area contributed by atoms with Crippen LogP contribution in [-0.2, 0) is 6.42 Å². The number of thiazole rings is 1. The Balaban J connectivity index is 2.27. The van der Waals surface area contributed by atoms with Crippen LogP contribution in [0.25, 0.3) is 0 Å². The molecule has 2 rings (SSSR count). The number of benzene rings is 1. The Bertz CT molecular complexity index is 484. The largest absolute Gasteiger partial charge is 0.508 e. The predicted molar refractivity (Wildman–Crippen MR) is 62.4 cm³/mol. The third-order valence-electron chi connectivity index (χ3n) is 1.98. The molecule has 0 aliphatic carbocycles. The summed E-state index contributed by atoms with van der Waals surface area (Å²) in [7, 11) is 0. The van der Waals surface area contributed by atoms with Crippen molar-refractivity contribution in [2.45, 2.75) is 6.42 Å². The van der Waals surface area contributed by atoms with E-state index in [2.05, 4.69) is 4.98 Å². The topological polar surface area (TPSA) is 59.1 Å². The summed E-state index contributed by atoms with van der Waals surface area (Å²) in [5, 5.41) is 12.6. The molecule has 3 N–H and O–H groups in total. The minimum Gasteiger partial charge on any atom is -0.508 e. The van der Waals surface area contributed by atoms with Crippen molar-refractivity contribution in [1.29, 1.82) is 0 Å². The molecule has 0 aliphatic heterocycles. The average Bonchev–Trinajstić information content (AvgIpc) is 2.58. The van der Waals surface area contributed by atoms with Crippen molar-refractivity contribution in [2.24, 2.45) is 0 Å². The Labute approximate surface area is 96.2 Å². The zero-order chi connectivity index (χ0) is 10.8. The highest BCUT2D eigenvalue weighted by atomic mass is 35.5. The summed E-state index contributed by atoms with van der Waals surface area (Å²) >= 11 is 7.22. The van der Waals surface area contributed by atoms with E-state index in [-0.39, 0.29) is 5.75 Å². The fraction of sp³-hybridized carbons (Fsp3) is 0.100. The molecule has 1 heterocycles. The van der Waals surface area contributed by atoms with E-state index in [9.17, 15) is 5.11 Å². The molecule has 3 nitrogen and oxygen atoms in total. The molecule has 1 aromatic carbocycles. The smallest absolute Gasteiger partial charge is 0.180 e. The van der Waals surface area contributed by atoms with Gasteiger partial charge in [-0.3, -0.25) is 0 Å². The lowest BCUT2D eigenvalue weighted by atomic mass is 10.1. The van der Waals surface area contributed by atoms with Gasteiger partial charge in [-0.05, 0) is 18.2 Å². The van der Waals surface area contributed by atoms with Crippen LogP contribution in [0.15, 0.2) is 23.6 Å². The van der Waals surface area contributed by atoms with Gasteiger partial charge in [0.25, 0.3) is 0 Å². The molecular weight excluding hydrogens is 232 g/mol. The Kier molecular flexibility index (Phi) is 2.79. The van der Waals surface area contributed by atoms with E-state index in [4.69, 9.17) is 17.3 Å². The van der Waals surface area contributed by atoms with E-state index in [1.54, 1.807) is 18.2 Å². The van der Waals surface area contributed by atoms with Gasteiger partial charge in [-0.1, -0.05) is 11.6 Å². The second-order valence-corrected chi connectivity index (χ2v) is 4.45. The molecular formula is C10H9ClN2OS. The molecule has 15 heavy (non-hydrogen) atoms. The van der Waals surface area contributed by atoms with E-state index in [0.29, 0.717) is 16.6 Å². The second-order valence-electron chi connectivity index (χ2n) is 3.13. The highest BCUT2D eigenvalue weighted by Gasteiger charge is 2.05. The van der Waals surface area contributed by atoms with Crippen molar-refractivity contribution in [2.75, 3.05) is 5.73 Å². The van der Waals surface area contributed by atoms with Gasteiger partial charge in [-0.2, -0.15) is 0 Å². The van der Waals surface area contributed by atoms with Crippen molar-refractivity contribution < 1.29 is 5.11 Å². The Morgan fingerprint density at radius 2 is 2.27 bits per heavy atom. The first kappa shape index (κ1) is 10.3. The van der Waals surface area contributed by atoms with Crippen LogP contribution in [0.1, 0.15) is 11.3 Å². The molecule has 2 aromatic rings. The van der Waals surface area contributed by atoms with Crippen molar-refractivity contribution in [3.63, 3.8) is 0 Å². The van der Waals surface area contributed by atoms with E-state index in [1.807, 2.05) is 5.38 Å². The first-order chi connectivity index (χ1) is 7.15. The SMILES string of the molecule is Nc1nc(Cc2cc(Cl)ccc2O)cs1. The molecule has 0 saturated heterocycles. The van der Waals surface area contributed by atoms with E-state index < -0.39 is 0 Å². The highest BCUT2D eigenvalue weighted by molar-refractivity contribution is 7.13. The van der Waals surface area contributed by atoms with Crippen molar-refractivity contribution >= 4 is 28.1 Å². The molecule has 78 valence electrons. The average molecular weight is 241 g/mol. The summed E-state index contributed by atoms with van der Waals surface area (Å²) < 4.78 is 0. The van der Waals surface area contributed by atoms with E-state index >= 15 is 0 Å². The van der Waals surface area contributed by atoms with Crippen LogP contribution >= 0.6 is 22.9 Å². The predicted octanol–water partition coefficient (Wildman–Crippen LogP) is 2.68. The maximum absolute atomic E-state index is 9.59. The number of halogens is 1. The number of aromatic nitrogens is 1. The molecule has 0 fully saturated rings. The van der Waals surface area contributed by atoms with Crippen LogP contribution in [0.3, 0.4) is 0 Å². The Morgan fingerprint density at radius 1 is 1.47 bits per heavy atom. The minimum absolute atomic E-state index is 0.228. The van der Waals surface area contributed by atoms with Crippen molar-refractivity contribution in [3.05, 3.63) is 39.9 Å². The summed E-state index contributed by atoms with van der Waals surface area (Å²) in [5.74, 6) is 0.228. The van der Waals surface area contributed by atoms with Gasteiger partial charge >= 0.3 is 0 Å². The van der Waals surface area contributed by atoms with Crippen LogP contribution in [-0.4, -0.2) is 10.1 Å². The summed E-state index contributed by atoms with van der Waals surface area (Å²) in [4.78, 5) is 4.12. The monoisotopic (exact) mass is 240 g/mol. The summed E-state index contributed by atoms with van der Waals surface area (Å²) in [6.45, 7) is 0. The van der Waals surface area contributed by atoms with E-state index in [0.717, 1.165) is 11.3 Å². The van der Waals surface area contributed by atoms with Gasteiger partial charge in [-0.15, -0.1) is 11.3 Å². The number of nitrogens with zero attached hydrogens (tertiary/aromatic N) is 1. The number of hydrogen-bond donors (Lipinski definition) is 2. The van der Waals surface area contributed by atoms with Gasteiger partial charge in [0.05, 0.1) is 5.69 Å². The Hall–Kier alpha value is -1.26. The first-order valence-electron chi connectivity index (χ1n) is 4.32. The lowest BCUT2D eigenvalue weighted by Gasteiger charge is -2.02. The number of nitrogen functional groups attached to an aromatic ring is 1. The van der Waals surface area contributed by atoms with Gasteiger partial charge < -0.3 is 10.8 Å². The van der Waals surface area contributed by atoms with Gasteiger partial charge in [0.1, 0.15) is 5.75 Å². The summed E-state index contributed by atoms with van der Waals surface area (Å²) in [6, 6.07) is 4.95. The van der Waals surface area contributed by atoms with E-state index in [1.165, 1.54) is 11.3 Å². The van der Waals surface area contributed by atoms with Crippen molar-refractivity contribution in [3.8, 4) is 5.75 Å². The number of phenols is 1. The van der Waals surface area contributed by atoms with Gasteiger partial charge in [0.2, 0.25) is 0 Å². The van der Waals surface area contributed by atoms with Crippen LogP contribution in [0, 0.1) is 0 Å². The normalized spacial score (nSPS) is 10.5. The fourth-order valence-corrected chi connectivity index (χ4v) is 2.05. The van der Waals surface area contributed by atoms with Crippen molar-refractivity contribution in [1.82, 2.24) is 4.98 Å². The zero-order valence-corrected chi connectivity index (χ0v) is 9.35. The molecule has 0 unspecified atom stereocenters. The molecule has 5 heteroatoms. The minimum atomic E-state index is 0.228. The lowest BCUT2D eigenvalue weighted by Crippen LogP contribution is -1.90. The number of anilines is 1. The maximum Gasteiger partial charge on any atom is 0.180 e. The molecule has 0 atom stereocenters. The molecule has 0 aliphatic rings. The molecule has 0 bridgehead atoms. The molecule has 0 saturated carbocycles. The Morgan fingerprint density at radius 3 is 2.93 bits per heavy atom. The van der Waals surface area contributed by atoms with Crippen LogP contribution < -0.4 is 5.73 Å². The second kappa shape index (κ2) is 4.08. The first-order valence-corrected chi connectivity index (χ1v) is 5.58. The van der Waals surface area contributed by atoms with Gasteiger partial charge in [0, 0.05) is 22.4 Å². The number of aromatic hydroxyl groups is 1. The third kappa shape index (κ3) is 2.40. The molecule has 0 spiro atoms. The fourth-order valence-electron chi connectivity index (χ4n) is 1.29. The van der Waals surface area contributed by atoms with Crippen LogP contribution in [0.5, 0.6) is 5.75 Å². The van der Waals surface area contributed by atoms with Crippen LogP contribution in [0.2, 0.25) is 5.02 Å². The maximum atomic E-state index is 9.59.